The summed E-state index contributed by atoms with van der Waals surface area (Å²) in [5.41, 5.74) is 2.16. The van der Waals surface area contributed by atoms with Crippen molar-refractivity contribution in [3.63, 3.8) is 0 Å². The largest absolute Gasteiger partial charge is 0.465 e. The van der Waals surface area contributed by atoms with Crippen LogP contribution >= 0.6 is 15.9 Å². The molecular weight excluding hydrogens is 284 g/mol. The zero-order valence-electron chi connectivity index (χ0n) is 9.74. The van der Waals surface area contributed by atoms with Crippen LogP contribution in [0.15, 0.2) is 16.7 Å². The lowest BCUT2D eigenvalue weighted by molar-refractivity contribution is 0.0600. The van der Waals surface area contributed by atoms with E-state index < -0.39 is 0 Å². The van der Waals surface area contributed by atoms with Gasteiger partial charge in [-0.1, -0.05) is 0 Å². The highest BCUT2D eigenvalue weighted by atomic mass is 79.9. The van der Waals surface area contributed by atoms with Gasteiger partial charge < -0.3 is 4.74 Å². The number of methoxy groups -OCH3 is 1. The average Bonchev–Trinajstić information content (AvgIpc) is 2.33. The van der Waals surface area contributed by atoms with Gasteiger partial charge in [-0.15, -0.1) is 0 Å². The molecule has 5 heteroatoms. The summed E-state index contributed by atoms with van der Waals surface area (Å²) in [6.45, 7) is 3.68. The predicted octanol–water partition coefficient (Wildman–Crippen LogP) is 2.80. The number of halogens is 1. The van der Waals surface area contributed by atoms with E-state index in [0.29, 0.717) is 11.4 Å². The van der Waals surface area contributed by atoms with Gasteiger partial charge in [-0.3, -0.25) is 0 Å². The van der Waals surface area contributed by atoms with Crippen molar-refractivity contribution in [2.24, 2.45) is 0 Å². The Morgan fingerprint density at radius 3 is 2.76 bits per heavy atom. The third-order valence-corrected chi connectivity index (χ3v) is 3.55. The number of hydrogen-bond donors (Lipinski definition) is 0. The molecule has 0 saturated heterocycles. The molecule has 1 aromatic carbocycles. The van der Waals surface area contributed by atoms with Gasteiger partial charge >= 0.3 is 5.97 Å². The minimum absolute atomic E-state index is 0.356. The molecule has 4 nitrogen and oxygen atoms in total. The SMILES string of the molecule is COC(=O)c1cc2cnc(C)nc2c(Br)c1C. The molecule has 0 aliphatic carbocycles. The molecule has 2 aromatic rings. The number of aromatic nitrogens is 2. The van der Waals surface area contributed by atoms with Crippen molar-refractivity contribution in [1.82, 2.24) is 9.97 Å². The highest BCUT2D eigenvalue weighted by Crippen LogP contribution is 2.29. The molecule has 2 rings (SSSR count). The molecular formula is C12H11BrN2O2. The van der Waals surface area contributed by atoms with Crippen LogP contribution in [0.1, 0.15) is 21.7 Å². The smallest absolute Gasteiger partial charge is 0.338 e. The maximum Gasteiger partial charge on any atom is 0.338 e. The molecule has 0 amide bonds. The standard InChI is InChI=1S/C12H11BrN2O2/c1-6-9(12(16)17-3)4-8-5-14-7(2)15-11(8)10(6)13/h4-5H,1-3H3. The molecule has 0 aliphatic rings. The average molecular weight is 295 g/mol. The van der Waals surface area contributed by atoms with Gasteiger partial charge in [-0.05, 0) is 41.4 Å². The molecule has 0 spiro atoms. The van der Waals surface area contributed by atoms with Crippen molar-refractivity contribution in [2.45, 2.75) is 13.8 Å². The third-order valence-electron chi connectivity index (χ3n) is 2.58. The number of rotatable bonds is 1. The summed E-state index contributed by atoms with van der Waals surface area (Å²) in [4.78, 5) is 20.1. The summed E-state index contributed by atoms with van der Waals surface area (Å²) in [7, 11) is 1.37. The van der Waals surface area contributed by atoms with Crippen LogP contribution in [-0.2, 0) is 4.74 Å². The molecule has 0 atom stereocenters. The summed E-state index contributed by atoms with van der Waals surface area (Å²) in [6, 6.07) is 1.75. The van der Waals surface area contributed by atoms with E-state index in [1.54, 1.807) is 12.3 Å². The normalized spacial score (nSPS) is 10.6. The van der Waals surface area contributed by atoms with E-state index in [4.69, 9.17) is 4.74 Å². The number of nitrogens with zero attached hydrogens (tertiary/aromatic N) is 2. The monoisotopic (exact) mass is 294 g/mol. The maximum absolute atomic E-state index is 11.6. The van der Waals surface area contributed by atoms with Crippen molar-refractivity contribution in [1.29, 1.82) is 0 Å². The molecule has 17 heavy (non-hydrogen) atoms. The minimum atomic E-state index is -0.356. The van der Waals surface area contributed by atoms with Crippen molar-refractivity contribution in [2.75, 3.05) is 7.11 Å². The van der Waals surface area contributed by atoms with E-state index >= 15 is 0 Å². The van der Waals surface area contributed by atoms with E-state index in [0.717, 1.165) is 20.9 Å². The molecule has 88 valence electrons. The molecule has 0 aliphatic heterocycles. The van der Waals surface area contributed by atoms with Crippen molar-refractivity contribution < 1.29 is 9.53 Å². The first-order valence-corrected chi connectivity index (χ1v) is 5.84. The second-order valence-electron chi connectivity index (χ2n) is 3.71. The molecule has 0 fully saturated rings. The number of benzene rings is 1. The Labute approximate surface area is 107 Å². The zero-order chi connectivity index (χ0) is 12.6. The number of carbonyl (C=O) groups excluding carboxylic acids is 1. The van der Waals surface area contributed by atoms with Gasteiger partial charge in [0.05, 0.1) is 18.2 Å². The summed E-state index contributed by atoms with van der Waals surface area (Å²) in [5.74, 6) is 0.342. The van der Waals surface area contributed by atoms with Gasteiger partial charge in [0.25, 0.3) is 0 Å². The first kappa shape index (κ1) is 12.0. The topological polar surface area (TPSA) is 52.1 Å². The summed E-state index contributed by atoms with van der Waals surface area (Å²) < 4.78 is 5.55. The molecule has 1 heterocycles. The van der Waals surface area contributed by atoms with E-state index in [-0.39, 0.29) is 5.97 Å². The lowest BCUT2D eigenvalue weighted by Crippen LogP contribution is -2.05. The lowest BCUT2D eigenvalue weighted by atomic mass is 10.1. The highest BCUT2D eigenvalue weighted by molar-refractivity contribution is 9.10. The minimum Gasteiger partial charge on any atom is -0.465 e. The Morgan fingerprint density at radius 1 is 1.41 bits per heavy atom. The summed E-state index contributed by atoms with van der Waals surface area (Å²) >= 11 is 3.47. The van der Waals surface area contributed by atoms with E-state index in [9.17, 15) is 4.79 Å². The Bertz CT molecular complexity index is 611. The third kappa shape index (κ3) is 2.02. The predicted molar refractivity (Wildman–Crippen MR) is 68.1 cm³/mol. The van der Waals surface area contributed by atoms with Crippen LogP contribution in [0.4, 0.5) is 0 Å². The fraction of sp³-hybridized carbons (Fsp3) is 0.250. The van der Waals surface area contributed by atoms with Gasteiger partial charge in [0.2, 0.25) is 0 Å². The van der Waals surface area contributed by atoms with Crippen LogP contribution < -0.4 is 0 Å². The van der Waals surface area contributed by atoms with E-state index in [2.05, 4.69) is 25.9 Å². The van der Waals surface area contributed by atoms with Crippen LogP contribution in [0.2, 0.25) is 0 Å². The first-order chi connectivity index (χ1) is 8.04. The van der Waals surface area contributed by atoms with Crippen molar-refractivity contribution in [3.05, 3.63) is 33.7 Å². The number of aryl methyl sites for hydroxylation is 1. The van der Waals surface area contributed by atoms with Crippen molar-refractivity contribution >= 4 is 32.8 Å². The van der Waals surface area contributed by atoms with Crippen LogP contribution in [0.5, 0.6) is 0 Å². The zero-order valence-corrected chi connectivity index (χ0v) is 11.3. The van der Waals surface area contributed by atoms with E-state index in [1.807, 2.05) is 13.8 Å². The van der Waals surface area contributed by atoms with Gasteiger partial charge in [-0.2, -0.15) is 0 Å². The second kappa shape index (κ2) is 4.41. The molecule has 0 bridgehead atoms. The van der Waals surface area contributed by atoms with Crippen LogP contribution in [0.25, 0.3) is 10.9 Å². The number of ether oxygens (including phenoxy) is 1. The van der Waals surface area contributed by atoms with Gasteiger partial charge in [0, 0.05) is 16.1 Å². The van der Waals surface area contributed by atoms with Crippen LogP contribution in [0, 0.1) is 13.8 Å². The number of esters is 1. The van der Waals surface area contributed by atoms with Gasteiger partial charge in [0.15, 0.2) is 0 Å². The summed E-state index contributed by atoms with van der Waals surface area (Å²) in [5, 5.41) is 0.813. The van der Waals surface area contributed by atoms with E-state index in [1.165, 1.54) is 7.11 Å². The van der Waals surface area contributed by atoms with Crippen LogP contribution in [0.3, 0.4) is 0 Å². The Balaban J connectivity index is 2.79. The number of carbonyl (C=O) groups is 1. The maximum atomic E-state index is 11.6. The Hall–Kier alpha value is -1.49. The fourth-order valence-corrected chi connectivity index (χ4v) is 2.17. The van der Waals surface area contributed by atoms with Gasteiger partial charge in [-0.25, -0.2) is 14.8 Å². The fourth-order valence-electron chi connectivity index (χ4n) is 1.64. The summed E-state index contributed by atoms with van der Waals surface area (Å²) in [6.07, 6.45) is 1.70. The number of hydrogen-bond acceptors (Lipinski definition) is 4. The molecule has 0 N–H and O–H groups in total. The lowest BCUT2D eigenvalue weighted by Gasteiger charge is -2.09. The molecule has 0 saturated carbocycles. The van der Waals surface area contributed by atoms with Crippen LogP contribution in [-0.4, -0.2) is 23.0 Å². The molecule has 1 aromatic heterocycles. The number of fused-ring (bicyclic) bond motifs is 1. The Morgan fingerprint density at radius 2 is 2.12 bits per heavy atom. The second-order valence-corrected chi connectivity index (χ2v) is 4.50. The molecule has 0 unspecified atom stereocenters. The Kier molecular flexibility index (Phi) is 3.11. The molecule has 0 radical (unpaired) electrons. The highest BCUT2D eigenvalue weighted by Gasteiger charge is 2.15. The first-order valence-electron chi connectivity index (χ1n) is 5.05. The quantitative estimate of drug-likeness (QED) is 0.759. The van der Waals surface area contributed by atoms with Gasteiger partial charge in [0.1, 0.15) is 5.82 Å². The van der Waals surface area contributed by atoms with Crippen molar-refractivity contribution in [3.8, 4) is 0 Å².